The number of para-hydroxylation sites is 2. The van der Waals surface area contributed by atoms with Gasteiger partial charge in [0.05, 0.1) is 12.8 Å². The maximum Gasteiger partial charge on any atom is 0.267 e. The number of anilines is 1. The highest BCUT2D eigenvalue weighted by Crippen LogP contribution is 2.49. The zero-order valence-electron chi connectivity index (χ0n) is 14.8. The fourth-order valence-corrected chi connectivity index (χ4v) is 4.33. The molecule has 5 heteroatoms. The summed E-state index contributed by atoms with van der Waals surface area (Å²) in [5.74, 6) is 2.46. The molecular weight excluding hydrogens is 314 g/mol. The molecule has 5 nitrogen and oxygen atoms in total. The third-order valence-electron chi connectivity index (χ3n) is 5.65. The number of methoxy groups -OCH3 is 1. The van der Waals surface area contributed by atoms with E-state index < -0.39 is 5.91 Å². The Labute approximate surface area is 149 Å². The normalized spacial score (nSPS) is 26.0. The molecule has 2 aliphatic carbocycles. The number of benzene rings is 1. The maximum absolute atomic E-state index is 12.4. The minimum atomic E-state index is -0.431. The van der Waals surface area contributed by atoms with E-state index in [9.17, 15) is 10.1 Å². The highest BCUT2D eigenvalue weighted by atomic mass is 16.5. The van der Waals surface area contributed by atoms with E-state index in [4.69, 9.17) is 4.74 Å². The Kier molecular flexibility index (Phi) is 5.28. The van der Waals surface area contributed by atoms with Gasteiger partial charge in [-0.1, -0.05) is 18.6 Å². The van der Waals surface area contributed by atoms with Crippen molar-refractivity contribution in [2.75, 3.05) is 12.4 Å². The molecule has 25 heavy (non-hydrogen) atoms. The minimum Gasteiger partial charge on any atom is -0.495 e. The second-order valence-electron chi connectivity index (χ2n) is 7.12. The van der Waals surface area contributed by atoms with Crippen LogP contribution in [-0.4, -0.2) is 19.1 Å². The monoisotopic (exact) mass is 339 g/mol. The largest absolute Gasteiger partial charge is 0.495 e. The van der Waals surface area contributed by atoms with Crippen LogP contribution in [0.4, 0.5) is 5.69 Å². The molecule has 3 rings (SSSR count). The van der Waals surface area contributed by atoms with Crippen molar-refractivity contribution in [1.29, 1.82) is 5.26 Å². The van der Waals surface area contributed by atoms with E-state index in [-0.39, 0.29) is 11.6 Å². The van der Waals surface area contributed by atoms with Crippen LogP contribution in [0.15, 0.2) is 36.0 Å². The Hall–Kier alpha value is -2.48. The van der Waals surface area contributed by atoms with E-state index >= 15 is 0 Å². The van der Waals surface area contributed by atoms with Crippen LogP contribution >= 0.6 is 0 Å². The van der Waals surface area contributed by atoms with Gasteiger partial charge in [-0.3, -0.25) is 4.79 Å². The standard InChI is InChI=1S/C20H25N3O2/c1-13(17-10-14-7-8-15(17)9-14)22-12-16(11-21)20(24)23-18-5-3-4-6-19(18)25-2/h3-6,12-15,17,22H,7-10H2,1-2H3,(H,23,24)/b16-12-. The van der Waals surface area contributed by atoms with Crippen LogP contribution in [0.5, 0.6) is 5.75 Å². The van der Waals surface area contributed by atoms with Crippen LogP contribution in [0.2, 0.25) is 0 Å². The Balaban J connectivity index is 1.62. The second kappa shape index (κ2) is 7.60. The summed E-state index contributed by atoms with van der Waals surface area (Å²) in [6, 6.07) is 9.41. The van der Waals surface area contributed by atoms with Crippen molar-refractivity contribution in [3.05, 3.63) is 36.0 Å². The number of nitriles is 1. The van der Waals surface area contributed by atoms with Crippen LogP contribution in [-0.2, 0) is 4.79 Å². The van der Waals surface area contributed by atoms with E-state index in [1.165, 1.54) is 25.7 Å². The molecule has 0 aromatic heterocycles. The lowest BCUT2D eigenvalue weighted by Crippen LogP contribution is -2.34. The van der Waals surface area contributed by atoms with Crippen molar-refractivity contribution in [2.45, 2.75) is 38.6 Å². The number of amides is 1. The van der Waals surface area contributed by atoms with E-state index in [1.807, 2.05) is 18.2 Å². The predicted octanol–water partition coefficient (Wildman–Crippen LogP) is 3.46. The number of rotatable bonds is 6. The van der Waals surface area contributed by atoms with E-state index in [2.05, 4.69) is 17.6 Å². The molecule has 1 aromatic carbocycles. The van der Waals surface area contributed by atoms with Gasteiger partial charge in [0.1, 0.15) is 17.4 Å². The number of hydrogen-bond acceptors (Lipinski definition) is 4. The number of carbonyl (C=O) groups is 1. The van der Waals surface area contributed by atoms with E-state index in [1.54, 1.807) is 25.4 Å². The van der Waals surface area contributed by atoms with Gasteiger partial charge in [0.15, 0.2) is 0 Å². The Morgan fingerprint density at radius 1 is 1.36 bits per heavy atom. The van der Waals surface area contributed by atoms with Gasteiger partial charge < -0.3 is 15.4 Å². The van der Waals surface area contributed by atoms with Crippen LogP contribution in [0, 0.1) is 29.1 Å². The Morgan fingerprint density at radius 2 is 2.16 bits per heavy atom. The van der Waals surface area contributed by atoms with Gasteiger partial charge in [-0.2, -0.15) is 5.26 Å². The molecule has 2 fully saturated rings. The Bertz CT molecular complexity index is 707. The molecule has 4 atom stereocenters. The summed E-state index contributed by atoms with van der Waals surface area (Å²) in [4.78, 5) is 12.4. The first-order valence-electron chi connectivity index (χ1n) is 8.93. The van der Waals surface area contributed by atoms with Crippen LogP contribution in [0.1, 0.15) is 32.6 Å². The first-order valence-corrected chi connectivity index (χ1v) is 8.93. The van der Waals surface area contributed by atoms with Crippen molar-refractivity contribution in [3.63, 3.8) is 0 Å². The molecule has 4 unspecified atom stereocenters. The first kappa shape index (κ1) is 17.3. The summed E-state index contributed by atoms with van der Waals surface area (Å²) >= 11 is 0. The van der Waals surface area contributed by atoms with Gasteiger partial charge in [-0.15, -0.1) is 0 Å². The van der Waals surface area contributed by atoms with Crippen LogP contribution in [0.25, 0.3) is 0 Å². The van der Waals surface area contributed by atoms with Gasteiger partial charge in [0.2, 0.25) is 0 Å². The first-order chi connectivity index (χ1) is 12.1. The number of ether oxygens (including phenoxy) is 1. The molecule has 132 valence electrons. The third-order valence-corrected chi connectivity index (χ3v) is 5.65. The molecule has 2 bridgehead atoms. The number of nitrogens with zero attached hydrogens (tertiary/aromatic N) is 1. The molecule has 0 saturated heterocycles. The van der Waals surface area contributed by atoms with Crippen molar-refractivity contribution >= 4 is 11.6 Å². The molecule has 1 amide bonds. The fourth-order valence-electron chi connectivity index (χ4n) is 4.33. The average molecular weight is 339 g/mol. The van der Waals surface area contributed by atoms with E-state index in [0.29, 0.717) is 17.4 Å². The lowest BCUT2D eigenvalue weighted by molar-refractivity contribution is -0.112. The molecule has 0 spiro atoms. The van der Waals surface area contributed by atoms with Crippen molar-refractivity contribution in [1.82, 2.24) is 5.32 Å². The lowest BCUT2D eigenvalue weighted by atomic mass is 9.84. The zero-order chi connectivity index (χ0) is 17.8. The topological polar surface area (TPSA) is 74.1 Å². The highest BCUT2D eigenvalue weighted by molar-refractivity contribution is 6.07. The molecular formula is C20H25N3O2. The zero-order valence-corrected chi connectivity index (χ0v) is 14.8. The lowest BCUT2D eigenvalue weighted by Gasteiger charge is -2.28. The summed E-state index contributed by atoms with van der Waals surface area (Å²) in [5, 5.41) is 15.4. The minimum absolute atomic E-state index is 0.0703. The van der Waals surface area contributed by atoms with Gasteiger partial charge in [0, 0.05) is 12.2 Å². The third kappa shape index (κ3) is 3.79. The SMILES string of the molecule is COc1ccccc1NC(=O)/C(C#N)=C\NC(C)C1CC2CCC1C2. The van der Waals surface area contributed by atoms with Crippen molar-refractivity contribution in [3.8, 4) is 11.8 Å². The fraction of sp³-hybridized carbons (Fsp3) is 0.500. The second-order valence-corrected chi connectivity index (χ2v) is 7.12. The maximum atomic E-state index is 12.4. The molecule has 0 heterocycles. The van der Waals surface area contributed by atoms with Gasteiger partial charge in [-0.25, -0.2) is 0 Å². The van der Waals surface area contributed by atoms with Gasteiger partial charge >= 0.3 is 0 Å². The number of fused-ring (bicyclic) bond motifs is 2. The summed E-state index contributed by atoms with van der Waals surface area (Å²) in [6.45, 7) is 2.15. The number of hydrogen-bond donors (Lipinski definition) is 2. The summed E-state index contributed by atoms with van der Waals surface area (Å²) < 4.78 is 5.22. The Morgan fingerprint density at radius 3 is 2.80 bits per heavy atom. The molecule has 0 radical (unpaired) electrons. The molecule has 2 N–H and O–H groups in total. The smallest absolute Gasteiger partial charge is 0.267 e. The molecule has 0 aliphatic heterocycles. The molecule has 2 saturated carbocycles. The highest BCUT2D eigenvalue weighted by Gasteiger charge is 2.41. The van der Waals surface area contributed by atoms with Crippen molar-refractivity contribution < 1.29 is 9.53 Å². The van der Waals surface area contributed by atoms with Crippen LogP contribution in [0.3, 0.4) is 0 Å². The average Bonchev–Trinajstić information content (AvgIpc) is 3.26. The van der Waals surface area contributed by atoms with Gasteiger partial charge in [-0.05, 0) is 56.1 Å². The summed E-state index contributed by atoms with van der Waals surface area (Å²) in [6.07, 6.45) is 6.86. The molecule has 2 aliphatic rings. The predicted molar refractivity (Wildman–Crippen MR) is 96.9 cm³/mol. The van der Waals surface area contributed by atoms with Crippen molar-refractivity contribution in [2.24, 2.45) is 17.8 Å². The van der Waals surface area contributed by atoms with Gasteiger partial charge in [0.25, 0.3) is 5.91 Å². The quantitative estimate of drug-likeness (QED) is 0.615. The van der Waals surface area contributed by atoms with Crippen LogP contribution < -0.4 is 15.4 Å². The summed E-state index contributed by atoms with van der Waals surface area (Å²) in [7, 11) is 1.55. The van der Waals surface area contributed by atoms with E-state index in [0.717, 1.165) is 11.8 Å². The molecule has 1 aromatic rings. The summed E-state index contributed by atoms with van der Waals surface area (Å²) in [5.41, 5.74) is 0.623. The number of nitrogens with one attached hydrogen (secondary N) is 2. The number of carbonyl (C=O) groups excluding carboxylic acids is 1.